The summed E-state index contributed by atoms with van der Waals surface area (Å²) in [5.74, 6) is -0.560. The van der Waals surface area contributed by atoms with E-state index in [-0.39, 0.29) is 13.1 Å². The Bertz CT molecular complexity index is 940. The summed E-state index contributed by atoms with van der Waals surface area (Å²) in [7, 11) is 1.51. The maximum Gasteiger partial charge on any atom is 0.330 e. The molecule has 28 heavy (non-hydrogen) atoms. The van der Waals surface area contributed by atoms with Crippen molar-refractivity contribution < 1.29 is 23.8 Å². The number of imidazole rings is 1. The Balaban J connectivity index is 2.48. The second kappa shape index (κ2) is 7.69. The van der Waals surface area contributed by atoms with Gasteiger partial charge in [0, 0.05) is 6.07 Å². The number of ether oxygens (including phenoxy) is 3. The van der Waals surface area contributed by atoms with Crippen LogP contribution in [0.15, 0.2) is 23.0 Å². The molecule has 8 heteroatoms. The second-order valence-corrected chi connectivity index (χ2v) is 8.48. The van der Waals surface area contributed by atoms with Gasteiger partial charge in [-0.2, -0.15) is 0 Å². The van der Waals surface area contributed by atoms with Crippen molar-refractivity contribution in [2.75, 3.05) is 7.11 Å². The zero-order valence-corrected chi connectivity index (χ0v) is 17.5. The van der Waals surface area contributed by atoms with E-state index in [1.54, 1.807) is 59.7 Å². The number of fused-ring (bicyclic) bond motifs is 1. The maximum atomic E-state index is 13.0. The average Bonchev–Trinajstić information content (AvgIpc) is 2.76. The van der Waals surface area contributed by atoms with Crippen LogP contribution in [0.25, 0.3) is 11.0 Å². The van der Waals surface area contributed by atoms with Crippen molar-refractivity contribution in [1.29, 1.82) is 0 Å². The molecular formula is C20H28N2O6. The Kier molecular flexibility index (Phi) is 5.91. The van der Waals surface area contributed by atoms with Crippen LogP contribution < -0.4 is 10.4 Å². The molecule has 0 N–H and O–H groups in total. The van der Waals surface area contributed by atoms with E-state index in [4.69, 9.17) is 14.2 Å². The van der Waals surface area contributed by atoms with Gasteiger partial charge < -0.3 is 14.2 Å². The van der Waals surface area contributed by atoms with Crippen molar-refractivity contribution in [3.8, 4) is 5.75 Å². The molecule has 8 nitrogen and oxygen atoms in total. The molecule has 154 valence electrons. The summed E-state index contributed by atoms with van der Waals surface area (Å²) >= 11 is 0. The van der Waals surface area contributed by atoms with Crippen LogP contribution in [0, 0.1) is 0 Å². The molecule has 0 amide bonds. The summed E-state index contributed by atoms with van der Waals surface area (Å²) in [6.07, 6.45) is 0. The minimum atomic E-state index is -0.673. The molecule has 1 aromatic heterocycles. The lowest BCUT2D eigenvalue weighted by Gasteiger charge is -2.19. The molecule has 0 aliphatic heterocycles. The van der Waals surface area contributed by atoms with Crippen LogP contribution in [-0.4, -0.2) is 39.4 Å². The molecule has 1 heterocycles. The highest BCUT2D eigenvalue weighted by Gasteiger charge is 2.23. The van der Waals surface area contributed by atoms with Crippen LogP contribution in [0.1, 0.15) is 41.5 Å². The Morgan fingerprint density at radius 1 is 0.857 bits per heavy atom. The molecule has 0 atom stereocenters. The SMILES string of the molecule is COc1ccc2c(c1)n(CC(=O)OC(C)(C)C)c(=O)n2CC(=O)OC(C)(C)C. The summed E-state index contributed by atoms with van der Waals surface area (Å²) in [6, 6.07) is 5.00. The van der Waals surface area contributed by atoms with E-state index in [9.17, 15) is 14.4 Å². The topological polar surface area (TPSA) is 88.8 Å². The fourth-order valence-electron chi connectivity index (χ4n) is 2.74. The first-order valence-corrected chi connectivity index (χ1v) is 9.01. The highest BCUT2D eigenvalue weighted by Crippen LogP contribution is 2.21. The van der Waals surface area contributed by atoms with Crippen molar-refractivity contribution in [1.82, 2.24) is 9.13 Å². The van der Waals surface area contributed by atoms with Gasteiger partial charge in [-0.25, -0.2) is 4.79 Å². The molecule has 0 saturated carbocycles. The number of hydrogen-bond acceptors (Lipinski definition) is 6. The van der Waals surface area contributed by atoms with Gasteiger partial charge in [-0.15, -0.1) is 0 Å². The summed E-state index contributed by atoms with van der Waals surface area (Å²) < 4.78 is 18.4. The van der Waals surface area contributed by atoms with E-state index in [1.165, 1.54) is 16.2 Å². The lowest BCUT2D eigenvalue weighted by atomic mass is 10.2. The van der Waals surface area contributed by atoms with E-state index in [2.05, 4.69) is 0 Å². The Labute approximate surface area is 164 Å². The zero-order chi connectivity index (χ0) is 21.3. The predicted molar refractivity (Wildman–Crippen MR) is 104 cm³/mol. The van der Waals surface area contributed by atoms with Gasteiger partial charge in [-0.1, -0.05) is 0 Å². The van der Waals surface area contributed by atoms with Gasteiger partial charge in [0.1, 0.15) is 30.0 Å². The quantitative estimate of drug-likeness (QED) is 0.727. The Hall–Kier alpha value is -2.77. The molecule has 0 bridgehead atoms. The van der Waals surface area contributed by atoms with Crippen molar-refractivity contribution in [2.24, 2.45) is 0 Å². The van der Waals surface area contributed by atoms with Crippen LogP contribution in [0.3, 0.4) is 0 Å². The van der Waals surface area contributed by atoms with Crippen LogP contribution in [0.2, 0.25) is 0 Å². The van der Waals surface area contributed by atoms with E-state index in [0.29, 0.717) is 16.8 Å². The fourth-order valence-corrected chi connectivity index (χ4v) is 2.74. The molecule has 2 aromatic rings. The number of aromatic nitrogens is 2. The molecule has 2 rings (SSSR count). The summed E-state index contributed by atoms with van der Waals surface area (Å²) in [5, 5.41) is 0. The van der Waals surface area contributed by atoms with Crippen molar-refractivity contribution in [3.05, 3.63) is 28.7 Å². The molecule has 0 aliphatic carbocycles. The minimum Gasteiger partial charge on any atom is -0.497 e. The minimum absolute atomic E-state index is 0.264. The third kappa shape index (κ3) is 5.37. The Morgan fingerprint density at radius 2 is 1.32 bits per heavy atom. The first-order chi connectivity index (χ1) is 12.8. The summed E-state index contributed by atoms with van der Waals surface area (Å²) in [4.78, 5) is 37.5. The van der Waals surface area contributed by atoms with Crippen LogP contribution in [-0.2, 0) is 32.2 Å². The van der Waals surface area contributed by atoms with Crippen LogP contribution in [0.5, 0.6) is 5.75 Å². The van der Waals surface area contributed by atoms with Gasteiger partial charge in [0.25, 0.3) is 0 Å². The second-order valence-electron chi connectivity index (χ2n) is 8.48. The number of carbonyl (C=O) groups is 2. The number of carbonyl (C=O) groups excluding carboxylic acids is 2. The maximum absolute atomic E-state index is 13.0. The number of nitrogens with zero attached hydrogens (tertiary/aromatic N) is 2. The monoisotopic (exact) mass is 392 g/mol. The molecule has 1 aromatic carbocycles. The molecule has 0 spiro atoms. The average molecular weight is 392 g/mol. The number of benzene rings is 1. The third-order valence-electron chi connectivity index (χ3n) is 3.64. The normalized spacial score (nSPS) is 12.1. The van der Waals surface area contributed by atoms with Gasteiger partial charge in [0.05, 0.1) is 18.1 Å². The summed E-state index contributed by atoms with van der Waals surface area (Å²) in [6.45, 7) is 9.98. The first kappa shape index (κ1) is 21.5. The van der Waals surface area contributed by atoms with Crippen molar-refractivity contribution in [2.45, 2.75) is 65.8 Å². The molecule has 0 saturated heterocycles. The van der Waals surface area contributed by atoms with Gasteiger partial charge in [-0.05, 0) is 53.7 Å². The Morgan fingerprint density at radius 3 is 1.75 bits per heavy atom. The smallest absolute Gasteiger partial charge is 0.330 e. The van der Waals surface area contributed by atoms with Gasteiger partial charge in [0.15, 0.2) is 0 Å². The third-order valence-corrected chi connectivity index (χ3v) is 3.64. The number of hydrogen-bond donors (Lipinski definition) is 0. The molecular weight excluding hydrogens is 364 g/mol. The van der Waals surface area contributed by atoms with E-state index in [1.807, 2.05) is 0 Å². The lowest BCUT2D eigenvalue weighted by molar-refractivity contribution is -0.156. The van der Waals surface area contributed by atoms with Crippen molar-refractivity contribution in [3.63, 3.8) is 0 Å². The molecule has 0 aliphatic rings. The zero-order valence-electron chi connectivity index (χ0n) is 17.5. The molecule has 0 unspecified atom stereocenters. The standard InChI is InChI=1S/C20H28N2O6/c1-19(2,3)27-16(23)11-21-14-9-8-13(26-7)10-15(14)22(18(21)25)12-17(24)28-20(4,5)6/h8-10H,11-12H2,1-7H3. The van der Waals surface area contributed by atoms with Crippen LogP contribution >= 0.6 is 0 Å². The largest absolute Gasteiger partial charge is 0.497 e. The van der Waals surface area contributed by atoms with Gasteiger partial charge in [0.2, 0.25) is 0 Å². The van der Waals surface area contributed by atoms with Gasteiger partial charge in [-0.3, -0.25) is 18.7 Å². The van der Waals surface area contributed by atoms with E-state index >= 15 is 0 Å². The number of esters is 2. The number of rotatable bonds is 5. The van der Waals surface area contributed by atoms with Crippen molar-refractivity contribution >= 4 is 23.0 Å². The number of methoxy groups -OCH3 is 1. The lowest BCUT2D eigenvalue weighted by Crippen LogP contribution is -2.33. The first-order valence-electron chi connectivity index (χ1n) is 9.01. The predicted octanol–water partition coefficient (Wildman–Crippen LogP) is 2.50. The van der Waals surface area contributed by atoms with Crippen LogP contribution in [0.4, 0.5) is 0 Å². The fraction of sp³-hybridized carbons (Fsp3) is 0.550. The highest BCUT2D eigenvalue weighted by molar-refractivity contribution is 5.82. The molecule has 0 radical (unpaired) electrons. The van der Waals surface area contributed by atoms with E-state index < -0.39 is 28.8 Å². The van der Waals surface area contributed by atoms with E-state index in [0.717, 1.165) is 0 Å². The highest BCUT2D eigenvalue weighted by atomic mass is 16.6. The van der Waals surface area contributed by atoms with Gasteiger partial charge >= 0.3 is 17.6 Å². The summed E-state index contributed by atoms with van der Waals surface area (Å²) in [5.41, 5.74) is -0.870. The molecule has 0 fully saturated rings.